The number of nitro groups is 1. The average molecular weight is 239 g/mol. The molecule has 0 aliphatic carbocycles. The fraction of sp³-hybridized carbons (Fsp3) is 0.286. The summed E-state index contributed by atoms with van der Waals surface area (Å²) < 4.78 is 24.7. The van der Waals surface area contributed by atoms with E-state index in [0.717, 1.165) is 0 Å². The van der Waals surface area contributed by atoms with Gasteiger partial charge < -0.3 is 5.11 Å². The van der Waals surface area contributed by atoms with Crippen LogP contribution in [0.3, 0.4) is 0 Å². The number of halogens is 3. The molecule has 0 amide bonds. The van der Waals surface area contributed by atoms with E-state index in [-0.39, 0.29) is 11.6 Å². The first-order valence-electron chi connectivity index (χ1n) is 3.68. The van der Waals surface area contributed by atoms with E-state index in [0.29, 0.717) is 6.07 Å². The highest BCUT2D eigenvalue weighted by Crippen LogP contribution is 2.32. The number of aromatic nitrogens is 1. The molecule has 0 aromatic carbocycles. The van der Waals surface area contributed by atoms with Crippen molar-refractivity contribution in [3.63, 3.8) is 0 Å². The van der Waals surface area contributed by atoms with Gasteiger partial charge in [-0.25, -0.2) is 13.8 Å². The third kappa shape index (κ3) is 2.30. The molecule has 8 heteroatoms. The van der Waals surface area contributed by atoms with Crippen LogP contribution in [0.15, 0.2) is 6.07 Å². The van der Waals surface area contributed by atoms with Gasteiger partial charge in [-0.2, -0.15) is 0 Å². The molecular formula is C7H5ClF2N2O3. The van der Waals surface area contributed by atoms with Crippen LogP contribution in [0.1, 0.15) is 17.8 Å². The molecule has 0 saturated carbocycles. The van der Waals surface area contributed by atoms with Gasteiger partial charge in [-0.05, 0) is 0 Å². The largest absolute Gasteiger partial charge is 0.506 e. The first-order valence-corrected chi connectivity index (χ1v) is 4.22. The number of hydrogen-bond donors (Lipinski definition) is 1. The summed E-state index contributed by atoms with van der Waals surface area (Å²) in [5.74, 6) is -0.870. The Labute approximate surface area is 87.5 Å². The summed E-state index contributed by atoms with van der Waals surface area (Å²) in [4.78, 5) is 12.6. The molecule has 0 saturated heterocycles. The van der Waals surface area contributed by atoms with Crippen molar-refractivity contribution in [1.82, 2.24) is 4.98 Å². The lowest BCUT2D eigenvalue weighted by atomic mass is 10.2. The van der Waals surface area contributed by atoms with E-state index >= 15 is 0 Å². The van der Waals surface area contributed by atoms with Crippen molar-refractivity contribution in [2.75, 3.05) is 0 Å². The number of pyridine rings is 1. The number of nitrogens with zero attached hydrogens (tertiary/aromatic N) is 2. The fourth-order valence-electron chi connectivity index (χ4n) is 0.952. The zero-order chi connectivity index (χ0) is 11.6. The SMILES string of the molecule is O=[N+]([O-])c1cc(O)c(CCl)nc1C(F)F. The van der Waals surface area contributed by atoms with Gasteiger partial charge in [0.25, 0.3) is 12.1 Å². The minimum Gasteiger partial charge on any atom is -0.506 e. The van der Waals surface area contributed by atoms with Crippen LogP contribution in [0.5, 0.6) is 5.75 Å². The smallest absolute Gasteiger partial charge is 0.300 e. The van der Waals surface area contributed by atoms with Crippen molar-refractivity contribution in [3.05, 3.63) is 27.6 Å². The number of aromatic hydroxyl groups is 1. The van der Waals surface area contributed by atoms with Crippen LogP contribution in [0.2, 0.25) is 0 Å². The van der Waals surface area contributed by atoms with Crippen LogP contribution in [0.25, 0.3) is 0 Å². The molecule has 1 heterocycles. The molecule has 82 valence electrons. The maximum atomic E-state index is 12.3. The highest BCUT2D eigenvalue weighted by Gasteiger charge is 2.25. The van der Waals surface area contributed by atoms with Gasteiger partial charge in [-0.3, -0.25) is 10.1 Å². The lowest BCUT2D eigenvalue weighted by Crippen LogP contribution is -2.01. The maximum absolute atomic E-state index is 12.3. The van der Waals surface area contributed by atoms with Gasteiger partial charge in [0.2, 0.25) is 0 Å². The van der Waals surface area contributed by atoms with E-state index in [9.17, 15) is 18.9 Å². The molecule has 1 rings (SSSR count). The van der Waals surface area contributed by atoms with Crippen molar-refractivity contribution in [3.8, 4) is 5.75 Å². The van der Waals surface area contributed by atoms with Crippen LogP contribution in [0.4, 0.5) is 14.5 Å². The molecule has 0 radical (unpaired) electrons. The molecule has 0 atom stereocenters. The molecule has 0 unspecified atom stereocenters. The van der Waals surface area contributed by atoms with Crippen LogP contribution in [-0.4, -0.2) is 15.0 Å². The molecule has 1 aromatic rings. The molecule has 1 aromatic heterocycles. The number of alkyl halides is 3. The van der Waals surface area contributed by atoms with Gasteiger partial charge in [-0.15, -0.1) is 11.6 Å². The van der Waals surface area contributed by atoms with Gasteiger partial charge in [0.1, 0.15) is 5.75 Å². The Balaban J connectivity index is 3.38. The molecule has 5 nitrogen and oxygen atoms in total. The molecule has 0 aliphatic heterocycles. The first-order chi connectivity index (χ1) is 6.97. The van der Waals surface area contributed by atoms with Crippen molar-refractivity contribution < 1.29 is 18.8 Å². The van der Waals surface area contributed by atoms with Crippen LogP contribution < -0.4 is 0 Å². The van der Waals surface area contributed by atoms with Crippen molar-refractivity contribution >= 4 is 17.3 Å². The second-order valence-electron chi connectivity index (χ2n) is 2.55. The monoisotopic (exact) mass is 238 g/mol. The molecule has 0 spiro atoms. The summed E-state index contributed by atoms with van der Waals surface area (Å²) in [5.41, 5.74) is -2.12. The third-order valence-corrected chi connectivity index (χ3v) is 1.87. The predicted molar refractivity (Wildman–Crippen MR) is 47.1 cm³/mol. The van der Waals surface area contributed by atoms with E-state index in [1.54, 1.807) is 0 Å². The molecule has 0 aliphatic rings. The summed E-state index contributed by atoms with van der Waals surface area (Å²) in [7, 11) is 0. The molecule has 0 fully saturated rings. The minimum absolute atomic E-state index is 0.211. The van der Waals surface area contributed by atoms with Gasteiger partial charge in [0, 0.05) is 0 Å². The third-order valence-electron chi connectivity index (χ3n) is 1.62. The summed E-state index contributed by atoms with van der Waals surface area (Å²) in [6.07, 6.45) is -3.09. The first kappa shape index (κ1) is 11.6. The highest BCUT2D eigenvalue weighted by atomic mass is 35.5. The van der Waals surface area contributed by atoms with Gasteiger partial charge in [0.05, 0.1) is 22.6 Å². The van der Waals surface area contributed by atoms with Gasteiger partial charge >= 0.3 is 0 Å². The predicted octanol–water partition coefficient (Wildman–Crippen LogP) is 2.37. The maximum Gasteiger partial charge on any atom is 0.300 e. The normalized spacial score (nSPS) is 10.7. The van der Waals surface area contributed by atoms with Gasteiger partial charge in [0.15, 0.2) is 5.69 Å². The van der Waals surface area contributed by atoms with Crippen LogP contribution in [-0.2, 0) is 5.88 Å². The van der Waals surface area contributed by atoms with E-state index < -0.39 is 28.5 Å². The number of rotatable bonds is 3. The Morgan fingerprint density at radius 3 is 2.67 bits per heavy atom. The van der Waals surface area contributed by atoms with Crippen LogP contribution in [0, 0.1) is 10.1 Å². The molecule has 0 bridgehead atoms. The number of hydrogen-bond acceptors (Lipinski definition) is 4. The lowest BCUT2D eigenvalue weighted by molar-refractivity contribution is -0.386. The second kappa shape index (κ2) is 4.35. The average Bonchev–Trinajstić information content (AvgIpc) is 2.16. The zero-order valence-electron chi connectivity index (χ0n) is 7.15. The summed E-state index contributed by atoms with van der Waals surface area (Å²) in [6.45, 7) is 0. The van der Waals surface area contributed by atoms with Crippen LogP contribution >= 0.6 is 11.6 Å². The van der Waals surface area contributed by atoms with Crippen molar-refractivity contribution in [2.24, 2.45) is 0 Å². The Bertz CT molecular complexity index is 400. The molecule has 1 N–H and O–H groups in total. The summed E-state index contributed by atoms with van der Waals surface area (Å²) in [5, 5.41) is 19.5. The second-order valence-corrected chi connectivity index (χ2v) is 2.82. The van der Waals surface area contributed by atoms with E-state index in [2.05, 4.69) is 4.98 Å². The van der Waals surface area contributed by atoms with E-state index in [1.807, 2.05) is 0 Å². The Kier molecular flexibility index (Phi) is 3.35. The van der Waals surface area contributed by atoms with E-state index in [4.69, 9.17) is 16.7 Å². The molecular weight excluding hydrogens is 234 g/mol. The quantitative estimate of drug-likeness (QED) is 0.498. The van der Waals surface area contributed by atoms with E-state index in [1.165, 1.54) is 0 Å². The minimum atomic E-state index is -3.09. The highest BCUT2D eigenvalue weighted by molar-refractivity contribution is 6.17. The van der Waals surface area contributed by atoms with Crippen molar-refractivity contribution in [2.45, 2.75) is 12.3 Å². The Morgan fingerprint density at radius 2 is 2.27 bits per heavy atom. The summed E-state index contributed by atoms with van der Waals surface area (Å²) in [6, 6.07) is 0.617. The zero-order valence-corrected chi connectivity index (χ0v) is 7.91. The molecule has 15 heavy (non-hydrogen) atoms. The topological polar surface area (TPSA) is 76.3 Å². The lowest BCUT2D eigenvalue weighted by Gasteiger charge is -2.04. The fourth-order valence-corrected chi connectivity index (χ4v) is 1.15. The standard InChI is InChI=1S/C7H5ClF2N2O3/c8-2-3-5(13)1-4(12(14)15)6(11-3)7(9)10/h1,7,13H,2H2. The Morgan fingerprint density at radius 1 is 1.67 bits per heavy atom. The summed E-state index contributed by atoms with van der Waals surface area (Å²) >= 11 is 5.30. The Hall–Kier alpha value is -1.50. The van der Waals surface area contributed by atoms with Crippen molar-refractivity contribution in [1.29, 1.82) is 0 Å². The van der Waals surface area contributed by atoms with Gasteiger partial charge in [-0.1, -0.05) is 0 Å².